The third-order valence-corrected chi connectivity index (χ3v) is 3.99. The molecular formula is C16H8N2O4. The Balaban J connectivity index is 2.40. The van der Waals surface area contributed by atoms with Crippen LogP contribution in [0.15, 0.2) is 48.5 Å². The summed E-state index contributed by atoms with van der Waals surface area (Å²) >= 11 is 0. The minimum Gasteiger partial charge on any atom is -0.258 e. The average Bonchev–Trinajstić information content (AvgIpc) is 2.51. The molecule has 0 saturated carbocycles. The monoisotopic (exact) mass is 292 g/mol. The van der Waals surface area contributed by atoms with Crippen LogP contribution >= 0.6 is 0 Å². The minimum absolute atomic E-state index is 0.111. The molecule has 4 rings (SSSR count). The summed E-state index contributed by atoms with van der Waals surface area (Å²) in [6, 6.07) is 13.4. The van der Waals surface area contributed by atoms with Crippen LogP contribution in [0.4, 0.5) is 11.4 Å². The summed E-state index contributed by atoms with van der Waals surface area (Å²) in [6.07, 6.45) is 0. The quantitative estimate of drug-likeness (QED) is 0.311. The molecule has 6 nitrogen and oxygen atoms in total. The van der Waals surface area contributed by atoms with Crippen LogP contribution in [0, 0.1) is 20.2 Å². The maximum atomic E-state index is 11.4. The van der Waals surface area contributed by atoms with E-state index in [4.69, 9.17) is 0 Å². The number of hydrogen-bond acceptors (Lipinski definition) is 4. The summed E-state index contributed by atoms with van der Waals surface area (Å²) in [7, 11) is 0. The Bertz CT molecular complexity index is 1070. The van der Waals surface area contributed by atoms with E-state index < -0.39 is 9.85 Å². The van der Waals surface area contributed by atoms with Gasteiger partial charge in [-0.15, -0.1) is 0 Å². The standard InChI is InChI=1S/C16H8N2O4/c19-17(20)13-7-6-10-5-4-9-2-1-3-11-14(18(21)22)8-12(13)16(10)15(9)11/h1-8H. The molecule has 0 heterocycles. The molecule has 0 N–H and O–H groups in total. The number of hydrogen-bond donors (Lipinski definition) is 0. The van der Waals surface area contributed by atoms with Gasteiger partial charge in [-0.3, -0.25) is 20.2 Å². The van der Waals surface area contributed by atoms with Crippen LogP contribution in [-0.4, -0.2) is 9.85 Å². The molecule has 0 aliphatic rings. The van der Waals surface area contributed by atoms with Crippen LogP contribution in [0.25, 0.3) is 32.3 Å². The normalized spacial score (nSPS) is 11.5. The summed E-state index contributed by atoms with van der Waals surface area (Å²) < 4.78 is 0. The molecule has 6 heteroatoms. The van der Waals surface area contributed by atoms with E-state index in [0.717, 1.165) is 10.8 Å². The van der Waals surface area contributed by atoms with Gasteiger partial charge in [0.15, 0.2) is 0 Å². The summed E-state index contributed by atoms with van der Waals surface area (Å²) in [5.74, 6) is 0. The molecule has 0 aromatic heterocycles. The second-order valence-electron chi connectivity index (χ2n) is 5.11. The van der Waals surface area contributed by atoms with Crippen molar-refractivity contribution in [2.75, 3.05) is 0 Å². The highest BCUT2D eigenvalue weighted by Gasteiger charge is 2.23. The molecule has 0 unspecified atom stereocenters. The van der Waals surface area contributed by atoms with Crippen molar-refractivity contribution in [1.29, 1.82) is 0 Å². The summed E-state index contributed by atoms with van der Waals surface area (Å²) in [4.78, 5) is 21.6. The van der Waals surface area contributed by atoms with Crippen LogP contribution in [-0.2, 0) is 0 Å². The van der Waals surface area contributed by atoms with Crippen LogP contribution < -0.4 is 0 Å². The first-order chi connectivity index (χ1) is 10.6. The lowest BCUT2D eigenvalue weighted by Crippen LogP contribution is -1.95. The molecule has 0 fully saturated rings. The number of nitro benzene ring substituents is 2. The van der Waals surface area contributed by atoms with E-state index >= 15 is 0 Å². The van der Waals surface area contributed by atoms with E-state index in [2.05, 4.69) is 0 Å². The van der Waals surface area contributed by atoms with Gasteiger partial charge in [0, 0.05) is 22.9 Å². The molecule has 0 saturated heterocycles. The first kappa shape index (κ1) is 12.5. The van der Waals surface area contributed by atoms with Gasteiger partial charge in [0.1, 0.15) is 0 Å². The Morgan fingerprint density at radius 1 is 0.682 bits per heavy atom. The number of rotatable bonds is 2. The number of nitro groups is 2. The van der Waals surface area contributed by atoms with E-state index in [1.807, 2.05) is 18.2 Å². The van der Waals surface area contributed by atoms with Gasteiger partial charge in [-0.1, -0.05) is 24.3 Å². The molecule has 0 aliphatic heterocycles. The smallest absolute Gasteiger partial charge is 0.258 e. The summed E-state index contributed by atoms with van der Waals surface area (Å²) in [5.41, 5.74) is -0.228. The lowest BCUT2D eigenvalue weighted by molar-refractivity contribution is -0.384. The van der Waals surface area contributed by atoms with Crippen molar-refractivity contribution in [3.8, 4) is 0 Å². The maximum absolute atomic E-state index is 11.4. The van der Waals surface area contributed by atoms with Crippen LogP contribution in [0.2, 0.25) is 0 Å². The highest BCUT2D eigenvalue weighted by Crippen LogP contribution is 2.42. The largest absolute Gasteiger partial charge is 0.278 e. The highest BCUT2D eigenvalue weighted by molar-refractivity contribution is 6.26. The second kappa shape index (κ2) is 4.11. The predicted molar refractivity (Wildman–Crippen MR) is 83.5 cm³/mol. The van der Waals surface area contributed by atoms with E-state index in [0.29, 0.717) is 21.5 Å². The van der Waals surface area contributed by atoms with Gasteiger partial charge in [0.2, 0.25) is 0 Å². The summed E-state index contributed by atoms with van der Waals surface area (Å²) in [6.45, 7) is 0. The van der Waals surface area contributed by atoms with Gasteiger partial charge in [-0.25, -0.2) is 0 Å². The van der Waals surface area contributed by atoms with Crippen molar-refractivity contribution < 1.29 is 9.85 Å². The van der Waals surface area contributed by atoms with Crippen molar-refractivity contribution in [3.63, 3.8) is 0 Å². The van der Waals surface area contributed by atoms with E-state index in [-0.39, 0.29) is 11.4 Å². The molecule has 106 valence electrons. The lowest BCUT2D eigenvalue weighted by Gasteiger charge is -2.11. The first-order valence-electron chi connectivity index (χ1n) is 6.57. The van der Waals surface area contributed by atoms with Crippen LogP contribution in [0.5, 0.6) is 0 Å². The number of nitrogens with zero attached hydrogens (tertiary/aromatic N) is 2. The Morgan fingerprint density at radius 3 is 1.95 bits per heavy atom. The maximum Gasteiger partial charge on any atom is 0.278 e. The molecule has 0 atom stereocenters. The first-order valence-corrected chi connectivity index (χ1v) is 6.57. The van der Waals surface area contributed by atoms with Crippen molar-refractivity contribution in [1.82, 2.24) is 0 Å². The van der Waals surface area contributed by atoms with Gasteiger partial charge in [0.25, 0.3) is 11.4 Å². The topological polar surface area (TPSA) is 86.3 Å². The van der Waals surface area contributed by atoms with Gasteiger partial charge in [-0.2, -0.15) is 0 Å². The van der Waals surface area contributed by atoms with Crippen LogP contribution in [0.3, 0.4) is 0 Å². The lowest BCUT2D eigenvalue weighted by atomic mass is 9.92. The molecule has 0 spiro atoms. The molecule has 0 radical (unpaired) electrons. The average molecular weight is 292 g/mol. The van der Waals surface area contributed by atoms with Crippen LogP contribution in [0.1, 0.15) is 0 Å². The Labute approximate surface area is 123 Å². The fourth-order valence-corrected chi connectivity index (χ4v) is 3.10. The van der Waals surface area contributed by atoms with Crippen molar-refractivity contribution >= 4 is 43.7 Å². The fourth-order valence-electron chi connectivity index (χ4n) is 3.10. The molecule has 0 amide bonds. The van der Waals surface area contributed by atoms with Gasteiger partial charge >= 0.3 is 0 Å². The van der Waals surface area contributed by atoms with E-state index in [1.165, 1.54) is 12.1 Å². The molecule has 22 heavy (non-hydrogen) atoms. The zero-order chi connectivity index (χ0) is 15.4. The van der Waals surface area contributed by atoms with E-state index in [9.17, 15) is 20.2 Å². The highest BCUT2D eigenvalue weighted by atomic mass is 16.6. The molecule has 4 aromatic carbocycles. The van der Waals surface area contributed by atoms with E-state index in [1.54, 1.807) is 18.2 Å². The van der Waals surface area contributed by atoms with Crippen molar-refractivity contribution in [2.45, 2.75) is 0 Å². The SMILES string of the molecule is O=[N+]([O-])c1cc2c([N+](=O)[O-])ccc3ccc4cccc1c4c32. The second-order valence-corrected chi connectivity index (χ2v) is 5.11. The Morgan fingerprint density at radius 2 is 1.27 bits per heavy atom. The minimum atomic E-state index is -0.504. The molecule has 0 bridgehead atoms. The molecule has 0 aliphatic carbocycles. The number of non-ortho nitro benzene ring substituents is 2. The van der Waals surface area contributed by atoms with Crippen molar-refractivity contribution in [2.24, 2.45) is 0 Å². The number of benzene rings is 4. The zero-order valence-corrected chi connectivity index (χ0v) is 11.1. The third-order valence-electron chi connectivity index (χ3n) is 3.99. The van der Waals surface area contributed by atoms with Gasteiger partial charge in [0.05, 0.1) is 20.6 Å². The van der Waals surface area contributed by atoms with Gasteiger partial charge in [-0.05, 0) is 22.9 Å². The fraction of sp³-hybridized carbons (Fsp3) is 0. The Hall–Kier alpha value is -3.28. The molecular weight excluding hydrogens is 284 g/mol. The molecule has 4 aromatic rings. The zero-order valence-electron chi connectivity index (χ0n) is 11.1. The van der Waals surface area contributed by atoms with Crippen molar-refractivity contribution in [3.05, 3.63) is 68.8 Å². The predicted octanol–water partition coefficient (Wildman–Crippen LogP) is 4.40. The Kier molecular flexibility index (Phi) is 2.33. The summed E-state index contributed by atoms with van der Waals surface area (Å²) in [5, 5.41) is 26.5. The van der Waals surface area contributed by atoms with Gasteiger partial charge < -0.3 is 0 Å². The third kappa shape index (κ3) is 1.49.